The van der Waals surface area contributed by atoms with Gasteiger partial charge in [-0.25, -0.2) is 0 Å². The molecule has 1 amide bonds. The second-order valence-electron chi connectivity index (χ2n) is 3.50. The molecule has 0 aromatic heterocycles. The van der Waals surface area contributed by atoms with Crippen LogP contribution in [0.15, 0.2) is 29.2 Å². The number of carbonyl (C=O) groups excluding carboxylic acids is 1. The lowest BCUT2D eigenvalue weighted by molar-refractivity contribution is -0.120. The van der Waals surface area contributed by atoms with Gasteiger partial charge in [0, 0.05) is 18.0 Å². The Morgan fingerprint density at radius 3 is 2.94 bits per heavy atom. The van der Waals surface area contributed by atoms with Gasteiger partial charge in [-0.05, 0) is 18.1 Å². The molecule has 1 aromatic carbocycles. The van der Waals surface area contributed by atoms with Gasteiger partial charge in [-0.15, -0.1) is 24.2 Å². The van der Waals surface area contributed by atoms with Crippen molar-refractivity contribution in [2.75, 3.05) is 13.1 Å². The van der Waals surface area contributed by atoms with E-state index in [1.165, 1.54) is 10.5 Å². The molecule has 0 radical (unpaired) electrons. The van der Waals surface area contributed by atoms with Crippen LogP contribution in [0.3, 0.4) is 0 Å². The molecule has 2 rings (SSSR count). The van der Waals surface area contributed by atoms with E-state index in [1.807, 2.05) is 12.1 Å². The Morgan fingerprint density at radius 1 is 1.50 bits per heavy atom. The van der Waals surface area contributed by atoms with Crippen LogP contribution in [0.4, 0.5) is 0 Å². The van der Waals surface area contributed by atoms with Crippen molar-refractivity contribution in [3.63, 3.8) is 0 Å². The van der Waals surface area contributed by atoms with Crippen molar-refractivity contribution in [3.05, 3.63) is 29.8 Å². The van der Waals surface area contributed by atoms with Crippen LogP contribution in [0.1, 0.15) is 5.56 Å². The van der Waals surface area contributed by atoms with E-state index in [1.54, 1.807) is 11.8 Å². The monoisotopic (exact) mass is 258 g/mol. The Bertz CT molecular complexity index is 348. The van der Waals surface area contributed by atoms with Crippen molar-refractivity contribution < 1.29 is 4.79 Å². The summed E-state index contributed by atoms with van der Waals surface area (Å²) in [5.41, 5.74) is 6.61. The van der Waals surface area contributed by atoms with Crippen LogP contribution in [0, 0.1) is 0 Å². The molecule has 0 bridgehead atoms. The molecule has 1 aromatic rings. The second kappa shape index (κ2) is 6.13. The summed E-state index contributed by atoms with van der Waals surface area (Å²) in [4.78, 5) is 12.9. The minimum absolute atomic E-state index is 0. The van der Waals surface area contributed by atoms with Gasteiger partial charge in [0.15, 0.2) is 0 Å². The van der Waals surface area contributed by atoms with E-state index in [0.717, 1.165) is 6.42 Å². The molecule has 5 heteroatoms. The summed E-state index contributed by atoms with van der Waals surface area (Å²) in [6.07, 6.45) is 0.831. The van der Waals surface area contributed by atoms with Gasteiger partial charge >= 0.3 is 0 Å². The molecule has 1 aliphatic rings. The fourth-order valence-electron chi connectivity index (χ4n) is 1.64. The molecular weight excluding hydrogens is 244 g/mol. The van der Waals surface area contributed by atoms with Gasteiger partial charge < -0.3 is 11.1 Å². The lowest BCUT2D eigenvalue weighted by Crippen LogP contribution is -2.35. The number of thioether (sulfide) groups is 1. The molecular formula is C11H15ClN2OS. The fraction of sp³-hybridized carbons (Fsp3) is 0.364. The normalized spacial score (nSPS) is 17.4. The standard InChI is InChI=1S/C11H14N2OS.ClH/c12-5-6-13-11(14)10-7-8-3-1-2-4-9(8)15-10;/h1-4,10H,5-7,12H2,(H,13,14);1H. The van der Waals surface area contributed by atoms with E-state index in [0.29, 0.717) is 13.1 Å². The topological polar surface area (TPSA) is 55.1 Å². The molecule has 1 atom stereocenters. The number of nitrogens with one attached hydrogen (secondary N) is 1. The lowest BCUT2D eigenvalue weighted by atomic mass is 10.1. The van der Waals surface area contributed by atoms with Gasteiger partial charge in [-0.1, -0.05) is 18.2 Å². The molecule has 0 saturated carbocycles. The summed E-state index contributed by atoms with van der Waals surface area (Å²) in [6.45, 7) is 1.06. The van der Waals surface area contributed by atoms with E-state index in [2.05, 4.69) is 17.4 Å². The first-order valence-electron chi connectivity index (χ1n) is 5.03. The maximum Gasteiger partial charge on any atom is 0.233 e. The third-order valence-electron chi connectivity index (χ3n) is 2.38. The quantitative estimate of drug-likeness (QED) is 0.857. The molecule has 0 spiro atoms. The molecule has 1 aliphatic heterocycles. The number of nitrogens with two attached hydrogens (primary N) is 1. The smallest absolute Gasteiger partial charge is 0.233 e. The maximum atomic E-state index is 11.7. The SMILES string of the molecule is Cl.NCCNC(=O)C1Cc2ccccc2S1. The number of hydrogen-bond acceptors (Lipinski definition) is 3. The van der Waals surface area contributed by atoms with E-state index in [9.17, 15) is 4.79 Å². The predicted molar refractivity (Wildman–Crippen MR) is 69.1 cm³/mol. The number of hydrogen-bond donors (Lipinski definition) is 2. The fourth-order valence-corrected chi connectivity index (χ4v) is 2.86. The molecule has 1 heterocycles. The first kappa shape index (κ1) is 13.4. The Balaban J connectivity index is 0.00000128. The number of halogens is 1. The average molecular weight is 259 g/mol. The second-order valence-corrected chi connectivity index (χ2v) is 4.74. The van der Waals surface area contributed by atoms with Crippen LogP contribution >= 0.6 is 24.2 Å². The Hall–Kier alpha value is -0.710. The highest BCUT2D eigenvalue weighted by Gasteiger charge is 2.27. The third-order valence-corrected chi connectivity index (χ3v) is 3.70. The number of benzene rings is 1. The summed E-state index contributed by atoms with van der Waals surface area (Å²) in [6, 6.07) is 8.17. The zero-order chi connectivity index (χ0) is 10.7. The summed E-state index contributed by atoms with van der Waals surface area (Å²) in [5, 5.41) is 2.85. The molecule has 0 fully saturated rings. The van der Waals surface area contributed by atoms with E-state index < -0.39 is 0 Å². The van der Waals surface area contributed by atoms with Gasteiger partial charge in [-0.3, -0.25) is 4.79 Å². The zero-order valence-electron chi connectivity index (χ0n) is 8.81. The van der Waals surface area contributed by atoms with E-state index >= 15 is 0 Å². The Morgan fingerprint density at radius 2 is 2.25 bits per heavy atom. The first-order chi connectivity index (χ1) is 7.31. The minimum Gasteiger partial charge on any atom is -0.354 e. The summed E-state index contributed by atoms with van der Waals surface area (Å²) in [7, 11) is 0. The van der Waals surface area contributed by atoms with Crippen LogP contribution in [0.5, 0.6) is 0 Å². The largest absolute Gasteiger partial charge is 0.354 e. The Labute approximate surface area is 106 Å². The van der Waals surface area contributed by atoms with Crippen molar-refractivity contribution in [2.45, 2.75) is 16.6 Å². The number of carbonyl (C=O) groups is 1. The number of rotatable bonds is 3. The van der Waals surface area contributed by atoms with Gasteiger partial charge in [0.05, 0.1) is 5.25 Å². The summed E-state index contributed by atoms with van der Waals surface area (Å²) < 4.78 is 0. The number of fused-ring (bicyclic) bond motifs is 1. The molecule has 1 unspecified atom stereocenters. The highest BCUT2D eigenvalue weighted by molar-refractivity contribution is 8.01. The van der Waals surface area contributed by atoms with Crippen molar-refractivity contribution in [1.82, 2.24) is 5.32 Å². The van der Waals surface area contributed by atoms with Gasteiger partial charge in [-0.2, -0.15) is 0 Å². The van der Waals surface area contributed by atoms with Crippen LogP contribution in [0.2, 0.25) is 0 Å². The highest BCUT2D eigenvalue weighted by atomic mass is 35.5. The average Bonchev–Trinajstić information content (AvgIpc) is 2.69. The van der Waals surface area contributed by atoms with Crippen molar-refractivity contribution in [2.24, 2.45) is 5.73 Å². The van der Waals surface area contributed by atoms with Gasteiger partial charge in [0.25, 0.3) is 0 Å². The van der Waals surface area contributed by atoms with Crippen molar-refractivity contribution >= 4 is 30.1 Å². The third kappa shape index (κ3) is 2.90. The summed E-state index contributed by atoms with van der Waals surface area (Å²) in [5.74, 6) is 0.0988. The molecule has 0 saturated heterocycles. The molecule has 0 aliphatic carbocycles. The molecule has 3 nitrogen and oxygen atoms in total. The van der Waals surface area contributed by atoms with Gasteiger partial charge in [0.1, 0.15) is 0 Å². The summed E-state index contributed by atoms with van der Waals surface area (Å²) >= 11 is 1.64. The molecule has 88 valence electrons. The van der Waals surface area contributed by atoms with Crippen LogP contribution in [0.25, 0.3) is 0 Å². The molecule has 3 N–H and O–H groups in total. The zero-order valence-corrected chi connectivity index (χ0v) is 10.4. The first-order valence-corrected chi connectivity index (χ1v) is 5.91. The highest BCUT2D eigenvalue weighted by Crippen LogP contribution is 2.36. The van der Waals surface area contributed by atoms with Crippen molar-refractivity contribution in [1.29, 1.82) is 0 Å². The van der Waals surface area contributed by atoms with Crippen LogP contribution < -0.4 is 11.1 Å². The minimum atomic E-state index is 0. The predicted octanol–water partition coefficient (Wildman–Crippen LogP) is 1.20. The number of amides is 1. The van der Waals surface area contributed by atoms with Crippen LogP contribution in [-0.2, 0) is 11.2 Å². The Kier molecular flexibility index (Phi) is 5.12. The van der Waals surface area contributed by atoms with Crippen molar-refractivity contribution in [3.8, 4) is 0 Å². The molecule has 16 heavy (non-hydrogen) atoms. The lowest BCUT2D eigenvalue weighted by Gasteiger charge is -2.08. The van der Waals surface area contributed by atoms with Crippen LogP contribution in [-0.4, -0.2) is 24.2 Å². The maximum absolute atomic E-state index is 11.7. The van der Waals surface area contributed by atoms with E-state index in [4.69, 9.17) is 5.73 Å². The van der Waals surface area contributed by atoms with Gasteiger partial charge in [0.2, 0.25) is 5.91 Å². The van der Waals surface area contributed by atoms with E-state index in [-0.39, 0.29) is 23.6 Å².